The second-order valence-electron chi connectivity index (χ2n) is 8.01. The van der Waals surface area contributed by atoms with Crippen molar-refractivity contribution >= 4 is 23.3 Å². The molecule has 3 aromatic carbocycles. The highest BCUT2D eigenvalue weighted by molar-refractivity contribution is 6.30. The van der Waals surface area contributed by atoms with Gasteiger partial charge in [0.2, 0.25) is 0 Å². The monoisotopic (exact) mass is 451 g/mol. The van der Waals surface area contributed by atoms with Gasteiger partial charge in [0.15, 0.2) is 6.61 Å². The number of halogens is 1. The summed E-state index contributed by atoms with van der Waals surface area (Å²) in [5.41, 5.74) is 6.91. The predicted octanol–water partition coefficient (Wildman–Crippen LogP) is 6.89. The van der Waals surface area contributed by atoms with E-state index in [9.17, 15) is 4.79 Å². The lowest BCUT2D eigenvalue weighted by Crippen LogP contribution is -2.25. The maximum absolute atomic E-state index is 10.8. The van der Waals surface area contributed by atoms with Gasteiger partial charge in [0.25, 0.3) is 0 Å². The van der Waals surface area contributed by atoms with Crippen LogP contribution in [-0.4, -0.2) is 24.2 Å². The fourth-order valence-corrected chi connectivity index (χ4v) is 4.00. The van der Waals surface area contributed by atoms with Crippen molar-refractivity contribution in [3.8, 4) is 16.9 Å². The van der Waals surface area contributed by atoms with Crippen molar-refractivity contribution < 1.29 is 14.6 Å². The number of hydrogen-bond donors (Lipinski definition) is 1. The van der Waals surface area contributed by atoms with Crippen LogP contribution in [0.4, 0.5) is 5.69 Å². The van der Waals surface area contributed by atoms with Crippen LogP contribution < -0.4 is 9.64 Å². The van der Waals surface area contributed by atoms with E-state index >= 15 is 0 Å². The number of carboxylic acids is 1. The molecule has 0 saturated heterocycles. The minimum Gasteiger partial charge on any atom is -0.482 e. The normalized spacial score (nSPS) is 10.8. The SMILES string of the molecule is CCCCN(Cc1ccc(OCC(=O)O)c(C)c1)c1cccc(-c2ccc(Cl)cc2)c1C. The van der Waals surface area contributed by atoms with E-state index in [1.807, 2.05) is 31.2 Å². The second kappa shape index (κ2) is 11.1. The van der Waals surface area contributed by atoms with Gasteiger partial charge in [0.1, 0.15) is 5.75 Å². The fourth-order valence-electron chi connectivity index (χ4n) is 3.87. The summed E-state index contributed by atoms with van der Waals surface area (Å²) in [5, 5.41) is 9.59. The molecule has 0 spiro atoms. The summed E-state index contributed by atoms with van der Waals surface area (Å²) in [7, 11) is 0. The predicted molar refractivity (Wildman–Crippen MR) is 132 cm³/mol. The van der Waals surface area contributed by atoms with Crippen LogP contribution in [0.1, 0.15) is 36.5 Å². The van der Waals surface area contributed by atoms with Crippen molar-refractivity contribution in [1.29, 1.82) is 0 Å². The van der Waals surface area contributed by atoms with Crippen molar-refractivity contribution in [2.45, 2.75) is 40.2 Å². The van der Waals surface area contributed by atoms with Gasteiger partial charge in [-0.05, 0) is 72.4 Å². The average molecular weight is 452 g/mol. The number of nitrogens with zero attached hydrogens (tertiary/aromatic N) is 1. The number of rotatable bonds is 10. The largest absolute Gasteiger partial charge is 0.482 e. The molecule has 1 N–H and O–H groups in total. The third-order valence-corrected chi connectivity index (χ3v) is 5.80. The van der Waals surface area contributed by atoms with E-state index in [0.29, 0.717) is 5.75 Å². The Morgan fingerprint density at radius 3 is 2.47 bits per heavy atom. The molecule has 0 radical (unpaired) electrons. The number of carbonyl (C=O) groups is 1. The van der Waals surface area contributed by atoms with Crippen LogP contribution in [0.2, 0.25) is 5.02 Å². The number of hydrogen-bond acceptors (Lipinski definition) is 3. The molecule has 3 rings (SSSR count). The van der Waals surface area contributed by atoms with E-state index in [-0.39, 0.29) is 6.61 Å². The smallest absolute Gasteiger partial charge is 0.341 e. The Morgan fingerprint density at radius 1 is 1.06 bits per heavy atom. The molecule has 0 aliphatic carbocycles. The Kier molecular flexibility index (Phi) is 8.18. The van der Waals surface area contributed by atoms with Gasteiger partial charge in [-0.2, -0.15) is 0 Å². The summed E-state index contributed by atoms with van der Waals surface area (Å²) in [6.07, 6.45) is 2.22. The first-order valence-corrected chi connectivity index (χ1v) is 11.3. The molecule has 0 saturated carbocycles. The zero-order valence-corrected chi connectivity index (χ0v) is 19.7. The van der Waals surface area contributed by atoms with Gasteiger partial charge < -0.3 is 14.7 Å². The molecular weight excluding hydrogens is 422 g/mol. The third-order valence-electron chi connectivity index (χ3n) is 5.55. The maximum Gasteiger partial charge on any atom is 0.341 e. The van der Waals surface area contributed by atoms with E-state index < -0.39 is 5.97 Å². The van der Waals surface area contributed by atoms with Crippen LogP contribution in [0.25, 0.3) is 11.1 Å². The van der Waals surface area contributed by atoms with Gasteiger partial charge in [-0.25, -0.2) is 4.79 Å². The van der Waals surface area contributed by atoms with Gasteiger partial charge in [-0.15, -0.1) is 0 Å². The number of aryl methyl sites for hydroxylation is 1. The Balaban J connectivity index is 1.88. The van der Waals surface area contributed by atoms with Crippen molar-refractivity contribution in [3.05, 3.63) is 82.4 Å². The van der Waals surface area contributed by atoms with Crippen LogP contribution in [0, 0.1) is 13.8 Å². The number of benzene rings is 3. The Bertz CT molecular complexity index is 1060. The van der Waals surface area contributed by atoms with Gasteiger partial charge in [-0.1, -0.05) is 61.3 Å². The zero-order chi connectivity index (χ0) is 23.1. The fraction of sp³-hybridized carbons (Fsp3) is 0.296. The molecule has 0 amide bonds. The zero-order valence-electron chi connectivity index (χ0n) is 18.9. The van der Waals surface area contributed by atoms with Crippen LogP contribution in [0.15, 0.2) is 60.7 Å². The standard InChI is InChI=1S/C27H30ClNO3/c1-4-5-15-29(17-21-9-14-26(19(2)16-21)32-18-27(30)31)25-8-6-7-24(20(25)3)22-10-12-23(28)13-11-22/h6-14,16H,4-5,15,17-18H2,1-3H3,(H,30,31). The molecule has 0 aromatic heterocycles. The average Bonchev–Trinajstić information content (AvgIpc) is 2.77. The first-order chi connectivity index (χ1) is 15.4. The third kappa shape index (κ3) is 6.04. The topological polar surface area (TPSA) is 49.8 Å². The molecule has 32 heavy (non-hydrogen) atoms. The maximum atomic E-state index is 10.8. The molecule has 0 heterocycles. The molecule has 4 nitrogen and oxygen atoms in total. The number of unbranched alkanes of at least 4 members (excludes halogenated alkanes) is 1. The summed E-state index contributed by atoms with van der Waals surface area (Å²) >= 11 is 6.08. The molecule has 3 aromatic rings. The highest BCUT2D eigenvalue weighted by atomic mass is 35.5. The van der Waals surface area contributed by atoms with Crippen molar-refractivity contribution in [1.82, 2.24) is 0 Å². The minimum absolute atomic E-state index is 0.334. The Morgan fingerprint density at radius 2 is 1.81 bits per heavy atom. The number of anilines is 1. The summed E-state index contributed by atoms with van der Waals surface area (Å²) in [4.78, 5) is 13.2. The number of aliphatic carboxylic acids is 1. The second-order valence-corrected chi connectivity index (χ2v) is 8.45. The van der Waals surface area contributed by atoms with E-state index in [1.54, 1.807) is 0 Å². The first kappa shape index (κ1) is 23.7. The van der Waals surface area contributed by atoms with Crippen LogP contribution in [0.5, 0.6) is 5.75 Å². The number of ether oxygens (including phenoxy) is 1. The van der Waals surface area contributed by atoms with E-state index in [4.69, 9.17) is 21.4 Å². The summed E-state index contributed by atoms with van der Waals surface area (Å²) in [5.74, 6) is -0.368. The molecule has 0 aliphatic heterocycles. The molecule has 0 fully saturated rings. The molecule has 0 bridgehead atoms. The Labute approximate surface area is 195 Å². The molecule has 0 atom stereocenters. The van der Waals surface area contributed by atoms with E-state index in [2.05, 4.69) is 55.1 Å². The molecular formula is C27H30ClNO3. The first-order valence-electron chi connectivity index (χ1n) is 10.9. The summed E-state index contributed by atoms with van der Waals surface area (Å²) < 4.78 is 5.38. The minimum atomic E-state index is -0.977. The van der Waals surface area contributed by atoms with E-state index in [0.717, 1.165) is 47.6 Å². The van der Waals surface area contributed by atoms with Gasteiger partial charge in [0, 0.05) is 23.8 Å². The highest BCUT2D eigenvalue weighted by Gasteiger charge is 2.14. The number of carboxylic acid groups (broad SMARTS) is 1. The van der Waals surface area contributed by atoms with Crippen LogP contribution in [-0.2, 0) is 11.3 Å². The van der Waals surface area contributed by atoms with Gasteiger partial charge >= 0.3 is 5.97 Å². The van der Waals surface area contributed by atoms with Crippen molar-refractivity contribution in [3.63, 3.8) is 0 Å². The van der Waals surface area contributed by atoms with Crippen molar-refractivity contribution in [2.24, 2.45) is 0 Å². The van der Waals surface area contributed by atoms with Gasteiger partial charge in [-0.3, -0.25) is 0 Å². The van der Waals surface area contributed by atoms with Crippen LogP contribution >= 0.6 is 11.6 Å². The van der Waals surface area contributed by atoms with Crippen molar-refractivity contribution in [2.75, 3.05) is 18.1 Å². The molecule has 5 heteroatoms. The highest BCUT2D eigenvalue weighted by Crippen LogP contribution is 2.32. The lowest BCUT2D eigenvalue weighted by atomic mass is 9.98. The van der Waals surface area contributed by atoms with Gasteiger partial charge in [0.05, 0.1) is 0 Å². The Hall–Kier alpha value is -2.98. The summed E-state index contributed by atoms with van der Waals surface area (Å²) in [6, 6.07) is 20.4. The lowest BCUT2D eigenvalue weighted by molar-refractivity contribution is -0.139. The lowest BCUT2D eigenvalue weighted by Gasteiger charge is -2.28. The van der Waals surface area contributed by atoms with Crippen LogP contribution in [0.3, 0.4) is 0 Å². The van der Waals surface area contributed by atoms with E-state index in [1.165, 1.54) is 16.8 Å². The summed E-state index contributed by atoms with van der Waals surface area (Å²) in [6.45, 7) is 7.71. The quantitative estimate of drug-likeness (QED) is 0.364. The molecule has 0 aliphatic rings. The molecule has 0 unspecified atom stereocenters. The molecule has 168 valence electrons.